The van der Waals surface area contributed by atoms with Crippen LogP contribution < -0.4 is 4.90 Å². The zero-order valence-corrected chi connectivity index (χ0v) is 13.4. The molecule has 5 nitrogen and oxygen atoms in total. The first-order valence-electron chi connectivity index (χ1n) is 7.78. The number of nitriles is 1. The summed E-state index contributed by atoms with van der Waals surface area (Å²) < 4.78 is 0. The molecule has 1 saturated heterocycles. The van der Waals surface area contributed by atoms with Crippen molar-refractivity contribution in [2.24, 2.45) is 5.92 Å². The second-order valence-electron chi connectivity index (χ2n) is 6.16. The summed E-state index contributed by atoms with van der Waals surface area (Å²) in [6, 6.07) is 8.11. The largest absolute Gasteiger partial charge is 0.391 e. The number of hydrogen-bond donors (Lipinski definition) is 1. The molecule has 0 spiro atoms. The van der Waals surface area contributed by atoms with Gasteiger partial charge in [0, 0.05) is 31.4 Å². The van der Waals surface area contributed by atoms with Crippen LogP contribution in [0.5, 0.6) is 0 Å². The van der Waals surface area contributed by atoms with Crippen molar-refractivity contribution in [1.29, 1.82) is 5.26 Å². The molecule has 5 heteroatoms. The van der Waals surface area contributed by atoms with E-state index in [4.69, 9.17) is 5.26 Å². The summed E-state index contributed by atoms with van der Waals surface area (Å²) in [5, 5.41) is 19.5. The SMILES string of the molecule is Cc1cc(N2C[C@@H](Cc3ccncc3)[C@@H](O)C2)nc(C)c1C#N. The molecule has 0 aromatic carbocycles. The lowest BCUT2D eigenvalue weighted by atomic mass is 9.97. The van der Waals surface area contributed by atoms with Gasteiger partial charge in [0.2, 0.25) is 0 Å². The van der Waals surface area contributed by atoms with Crippen molar-refractivity contribution in [1.82, 2.24) is 9.97 Å². The van der Waals surface area contributed by atoms with Crippen molar-refractivity contribution >= 4 is 5.82 Å². The van der Waals surface area contributed by atoms with Gasteiger partial charge < -0.3 is 10.0 Å². The van der Waals surface area contributed by atoms with E-state index in [2.05, 4.69) is 20.9 Å². The number of aromatic nitrogens is 2. The van der Waals surface area contributed by atoms with Crippen molar-refractivity contribution in [2.45, 2.75) is 26.4 Å². The van der Waals surface area contributed by atoms with E-state index in [9.17, 15) is 5.11 Å². The third kappa shape index (κ3) is 3.17. The number of aryl methyl sites for hydroxylation is 2. The Hall–Kier alpha value is -2.45. The molecule has 118 valence electrons. The van der Waals surface area contributed by atoms with Crippen LogP contribution >= 0.6 is 0 Å². The summed E-state index contributed by atoms with van der Waals surface area (Å²) >= 11 is 0. The standard InChI is InChI=1S/C18H20N4O/c1-12-7-18(21-13(2)16(12)9-19)22-10-15(17(23)11-22)8-14-3-5-20-6-4-14/h3-7,15,17,23H,8,10-11H2,1-2H3/t15-,17+/m1/s1. The molecule has 0 bridgehead atoms. The molecule has 0 radical (unpaired) electrons. The van der Waals surface area contributed by atoms with Gasteiger partial charge in [0.1, 0.15) is 11.9 Å². The van der Waals surface area contributed by atoms with E-state index < -0.39 is 0 Å². The molecular weight excluding hydrogens is 288 g/mol. The van der Waals surface area contributed by atoms with Crippen LogP contribution in [0.3, 0.4) is 0 Å². The maximum absolute atomic E-state index is 10.4. The summed E-state index contributed by atoms with van der Waals surface area (Å²) in [6.45, 7) is 5.13. The first kappa shape index (κ1) is 15.4. The molecule has 1 fully saturated rings. The van der Waals surface area contributed by atoms with E-state index in [0.29, 0.717) is 12.1 Å². The molecule has 2 aromatic rings. The molecular formula is C18H20N4O. The number of anilines is 1. The van der Waals surface area contributed by atoms with E-state index in [-0.39, 0.29) is 12.0 Å². The second kappa shape index (κ2) is 6.35. The van der Waals surface area contributed by atoms with Gasteiger partial charge in [-0.3, -0.25) is 4.98 Å². The van der Waals surface area contributed by atoms with Crippen LogP contribution in [-0.2, 0) is 6.42 Å². The fourth-order valence-corrected chi connectivity index (χ4v) is 3.21. The van der Waals surface area contributed by atoms with Crippen LogP contribution in [0.2, 0.25) is 0 Å². The Labute approximate surface area is 136 Å². The zero-order valence-electron chi connectivity index (χ0n) is 13.4. The van der Waals surface area contributed by atoms with Gasteiger partial charge in [0.05, 0.1) is 17.4 Å². The highest BCUT2D eigenvalue weighted by molar-refractivity contribution is 5.51. The van der Waals surface area contributed by atoms with Crippen LogP contribution in [0, 0.1) is 31.1 Å². The number of hydrogen-bond acceptors (Lipinski definition) is 5. The molecule has 0 unspecified atom stereocenters. The summed E-state index contributed by atoms with van der Waals surface area (Å²) in [6.07, 6.45) is 4.02. The van der Waals surface area contributed by atoms with Crippen molar-refractivity contribution in [3.63, 3.8) is 0 Å². The van der Waals surface area contributed by atoms with Crippen molar-refractivity contribution in [3.05, 3.63) is 53.0 Å². The normalized spacial score (nSPS) is 20.5. The minimum absolute atomic E-state index is 0.176. The highest BCUT2D eigenvalue weighted by atomic mass is 16.3. The predicted molar refractivity (Wildman–Crippen MR) is 88.1 cm³/mol. The average Bonchev–Trinajstić information content (AvgIpc) is 2.89. The van der Waals surface area contributed by atoms with Gasteiger partial charge in [-0.05, 0) is 49.6 Å². The lowest BCUT2D eigenvalue weighted by Gasteiger charge is -2.19. The Morgan fingerprint density at radius 1 is 1.30 bits per heavy atom. The molecule has 2 aromatic heterocycles. The Balaban J connectivity index is 1.77. The molecule has 0 saturated carbocycles. The van der Waals surface area contributed by atoms with E-state index in [1.54, 1.807) is 12.4 Å². The fourth-order valence-electron chi connectivity index (χ4n) is 3.21. The first-order valence-corrected chi connectivity index (χ1v) is 7.78. The number of nitrogens with zero attached hydrogens (tertiary/aromatic N) is 4. The van der Waals surface area contributed by atoms with E-state index in [1.807, 2.05) is 32.0 Å². The van der Waals surface area contributed by atoms with Crippen LogP contribution in [-0.4, -0.2) is 34.3 Å². The molecule has 2 atom stereocenters. The number of aliphatic hydroxyl groups excluding tert-OH is 1. The Morgan fingerprint density at radius 2 is 2.04 bits per heavy atom. The van der Waals surface area contributed by atoms with Crippen LogP contribution in [0.25, 0.3) is 0 Å². The van der Waals surface area contributed by atoms with Gasteiger partial charge in [-0.2, -0.15) is 5.26 Å². The van der Waals surface area contributed by atoms with Gasteiger partial charge in [0.25, 0.3) is 0 Å². The summed E-state index contributed by atoms with van der Waals surface area (Å²) in [7, 11) is 0. The zero-order chi connectivity index (χ0) is 16.4. The Kier molecular flexibility index (Phi) is 4.26. The monoisotopic (exact) mass is 308 g/mol. The fraction of sp³-hybridized carbons (Fsp3) is 0.389. The Morgan fingerprint density at radius 3 is 2.70 bits per heavy atom. The summed E-state index contributed by atoms with van der Waals surface area (Å²) in [4.78, 5) is 10.7. The minimum Gasteiger partial charge on any atom is -0.391 e. The highest BCUT2D eigenvalue weighted by Gasteiger charge is 2.32. The van der Waals surface area contributed by atoms with Gasteiger partial charge in [0.15, 0.2) is 0 Å². The van der Waals surface area contributed by atoms with Crippen LogP contribution in [0.15, 0.2) is 30.6 Å². The topological polar surface area (TPSA) is 73.0 Å². The minimum atomic E-state index is -0.374. The average molecular weight is 308 g/mol. The lowest BCUT2D eigenvalue weighted by molar-refractivity contribution is 0.148. The Bertz CT molecular complexity index is 715. The molecule has 1 aliphatic heterocycles. The van der Waals surface area contributed by atoms with Gasteiger partial charge in [-0.15, -0.1) is 0 Å². The van der Waals surface area contributed by atoms with Crippen LogP contribution in [0.4, 0.5) is 5.82 Å². The van der Waals surface area contributed by atoms with Crippen molar-refractivity contribution in [3.8, 4) is 6.07 Å². The third-order valence-electron chi connectivity index (χ3n) is 4.47. The maximum atomic E-state index is 10.4. The van der Waals surface area contributed by atoms with Gasteiger partial charge >= 0.3 is 0 Å². The maximum Gasteiger partial charge on any atom is 0.129 e. The van der Waals surface area contributed by atoms with Gasteiger partial charge in [-0.1, -0.05) is 0 Å². The first-order chi connectivity index (χ1) is 11.1. The lowest BCUT2D eigenvalue weighted by Crippen LogP contribution is -2.22. The second-order valence-corrected chi connectivity index (χ2v) is 6.16. The van der Waals surface area contributed by atoms with E-state index >= 15 is 0 Å². The number of aliphatic hydroxyl groups is 1. The smallest absolute Gasteiger partial charge is 0.129 e. The third-order valence-corrected chi connectivity index (χ3v) is 4.47. The van der Waals surface area contributed by atoms with Crippen molar-refractivity contribution in [2.75, 3.05) is 18.0 Å². The number of rotatable bonds is 3. The summed E-state index contributed by atoms with van der Waals surface area (Å²) in [5.41, 5.74) is 3.50. The molecule has 23 heavy (non-hydrogen) atoms. The quantitative estimate of drug-likeness (QED) is 0.939. The van der Waals surface area contributed by atoms with Crippen LogP contribution in [0.1, 0.15) is 22.4 Å². The van der Waals surface area contributed by atoms with Crippen molar-refractivity contribution < 1.29 is 5.11 Å². The van der Waals surface area contributed by atoms with E-state index in [0.717, 1.165) is 30.0 Å². The molecule has 1 N–H and O–H groups in total. The molecule has 3 rings (SSSR count). The predicted octanol–water partition coefficient (Wildman–Crippen LogP) is 2.00. The highest BCUT2D eigenvalue weighted by Crippen LogP contribution is 2.27. The van der Waals surface area contributed by atoms with E-state index in [1.165, 1.54) is 5.56 Å². The molecule has 0 aliphatic carbocycles. The number of β-amino-alcohol motifs (C(OH)–C–C–N with tert-alkyl or cyclic N) is 1. The molecule has 0 amide bonds. The molecule has 3 heterocycles. The molecule has 1 aliphatic rings. The summed E-state index contributed by atoms with van der Waals surface area (Å²) in [5.74, 6) is 1.02. The van der Waals surface area contributed by atoms with Gasteiger partial charge in [-0.25, -0.2) is 4.98 Å². The number of pyridine rings is 2.